The third kappa shape index (κ3) is 3.43. The lowest BCUT2D eigenvalue weighted by Gasteiger charge is -2.16. The Kier molecular flexibility index (Phi) is 5.68. The Balaban J connectivity index is 1.98. The number of carboxylic acid groups (broad SMARTS) is 2. The van der Waals surface area contributed by atoms with Crippen LogP contribution in [-0.4, -0.2) is 56.8 Å². The van der Waals surface area contributed by atoms with E-state index in [0.29, 0.717) is 0 Å². The molecule has 0 radical (unpaired) electrons. The number of phenolic OH excluding ortho intramolecular Hbond substituents is 2. The highest BCUT2D eigenvalue weighted by atomic mass is 16.5. The molecule has 0 aliphatic rings. The molecular weight excluding hydrogens is 536 g/mol. The van der Waals surface area contributed by atoms with Crippen molar-refractivity contribution in [2.45, 2.75) is 0 Å². The summed E-state index contributed by atoms with van der Waals surface area (Å²) in [5.74, 6) is -7.82. The number of carbonyl (C=O) groups is 2. The van der Waals surface area contributed by atoms with Crippen molar-refractivity contribution in [3.63, 3.8) is 0 Å². The molecule has 0 saturated carbocycles. The fourth-order valence-corrected chi connectivity index (χ4v) is 4.53. The molecule has 0 aliphatic carbocycles. The minimum Gasteiger partial charge on any atom is -0.504 e. The highest BCUT2D eigenvalue weighted by molar-refractivity contribution is 6.10. The van der Waals surface area contributed by atoms with Gasteiger partial charge in [0.2, 0.25) is 10.9 Å². The van der Waals surface area contributed by atoms with Crippen LogP contribution in [0.1, 0.15) is 20.7 Å². The van der Waals surface area contributed by atoms with Crippen molar-refractivity contribution in [3.8, 4) is 45.6 Å². The van der Waals surface area contributed by atoms with Gasteiger partial charge in [0.1, 0.15) is 34.3 Å². The summed E-state index contributed by atoms with van der Waals surface area (Å²) in [4.78, 5) is 50.8. The van der Waals surface area contributed by atoms with Gasteiger partial charge in [0.05, 0.1) is 41.5 Å². The number of methoxy groups -OCH3 is 2. The average molecular weight is 552 g/mol. The Morgan fingerprint density at radius 1 is 0.775 bits per heavy atom. The number of hydrogen-bond donors (Lipinski definition) is 6. The summed E-state index contributed by atoms with van der Waals surface area (Å²) in [7, 11) is 2.32. The average Bonchev–Trinajstić information content (AvgIpc) is 2.90. The van der Waals surface area contributed by atoms with Crippen molar-refractivity contribution < 1.29 is 58.5 Å². The Morgan fingerprint density at radius 3 is 1.85 bits per heavy atom. The molecule has 0 atom stereocenters. The zero-order chi connectivity index (χ0) is 29.2. The van der Waals surface area contributed by atoms with E-state index in [9.17, 15) is 49.8 Å². The van der Waals surface area contributed by atoms with Gasteiger partial charge in [0.25, 0.3) is 0 Å². The van der Waals surface area contributed by atoms with Crippen LogP contribution >= 0.6 is 0 Å². The van der Waals surface area contributed by atoms with Gasteiger partial charge in [0, 0.05) is 12.1 Å². The number of phenols is 4. The van der Waals surface area contributed by atoms with Crippen LogP contribution in [0.2, 0.25) is 0 Å². The third-order valence-corrected chi connectivity index (χ3v) is 6.27. The molecule has 204 valence electrons. The highest BCUT2D eigenvalue weighted by Gasteiger charge is 2.30. The molecule has 0 bridgehead atoms. The van der Waals surface area contributed by atoms with Crippen molar-refractivity contribution in [2.75, 3.05) is 14.2 Å². The maximum Gasteiger partial charge on any atom is 0.340 e. The normalized spacial score (nSPS) is 11.2. The van der Waals surface area contributed by atoms with E-state index in [4.69, 9.17) is 18.3 Å². The fourth-order valence-electron chi connectivity index (χ4n) is 4.53. The summed E-state index contributed by atoms with van der Waals surface area (Å²) in [6.07, 6.45) is 0.907. The quantitative estimate of drug-likeness (QED) is 0.136. The lowest BCUT2D eigenvalue weighted by molar-refractivity contribution is 0.0684. The number of fused-ring (bicyclic) bond motifs is 3. The Labute approximate surface area is 219 Å². The molecule has 0 amide bonds. The second-order valence-electron chi connectivity index (χ2n) is 8.37. The van der Waals surface area contributed by atoms with Crippen LogP contribution in [0.5, 0.6) is 34.5 Å². The fraction of sp³-hybridized carbons (Fsp3) is 0.0769. The Hall–Kier alpha value is -5.92. The molecule has 14 heteroatoms. The van der Waals surface area contributed by atoms with Gasteiger partial charge >= 0.3 is 11.9 Å². The van der Waals surface area contributed by atoms with Gasteiger partial charge < -0.3 is 48.9 Å². The van der Waals surface area contributed by atoms with Gasteiger partial charge in [-0.05, 0) is 6.07 Å². The van der Waals surface area contributed by atoms with Crippen molar-refractivity contribution in [1.82, 2.24) is 0 Å². The molecule has 0 spiro atoms. The number of hydrogen-bond acceptors (Lipinski definition) is 12. The number of carboxylic acids is 2. The van der Waals surface area contributed by atoms with Crippen LogP contribution in [0.25, 0.3) is 44.0 Å². The van der Waals surface area contributed by atoms with E-state index in [1.807, 2.05) is 0 Å². The minimum absolute atomic E-state index is 0.180. The third-order valence-electron chi connectivity index (χ3n) is 6.27. The van der Waals surface area contributed by atoms with Crippen molar-refractivity contribution in [3.05, 3.63) is 56.0 Å². The van der Waals surface area contributed by atoms with Crippen molar-refractivity contribution in [1.29, 1.82) is 0 Å². The van der Waals surface area contributed by atoms with Crippen LogP contribution in [0.3, 0.4) is 0 Å². The van der Waals surface area contributed by atoms with E-state index < -0.39 is 73.3 Å². The van der Waals surface area contributed by atoms with Crippen LogP contribution in [-0.2, 0) is 0 Å². The number of ether oxygens (including phenoxy) is 2. The number of benzene rings is 3. The second kappa shape index (κ2) is 8.83. The SMILES string of the molecule is COc1cc2c(=O)c3c(C(=O)O)c(O)c(O)cc3oc2c(OC)c1-c1coc2cc(O)c(O)c(C(=O)O)c2c1=O. The molecule has 0 aliphatic heterocycles. The Morgan fingerprint density at radius 2 is 1.32 bits per heavy atom. The van der Waals surface area contributed by atoms with E-state index in [2.05, 4.69) is 0 Å². The molecular formula is C26H16O14. The van der Waals surface area contributed by atoms with Gasteiger partial charge in [-0.2, -0.15) is 0 Å². The van der Waals surface area contributed by atoms with Crippen molar-refractivity contribution in [2.24, 2.45) is 0 Å². The molecule has 14 nitrogen and oxygen atoms in total. The van der Waals surface area contributed by atoms with E-state index in [0.717, 1.165) is 31.6 Å². The minimum atomic E-state index is -1.74. The summed E-state index contributed by atoms with van der Waals surface area (Å²) in [5.41, 5.74) is -5.48. The monoisotopic (exact) mass is 552 g/mol. The van der Waals surface area contributed by atoms with Gasteiger partial charge in [0.15, 0.2) is 34.3 Å². The highest BCUT2D eigenvalue weighted by Crippen LogP contribution is 2.45. The predicted octanol–water partition coefficient (Wildman–Crippen LogP) is 2.96. The molecule has 0 saturated heterocycles. The molecule has 2 heterocycles. The standard InChI is InChI=1S/C26H16O14/c1-37-11-3-7-19(29)16-13(5-10(28)22(32)18(16)26(35)36)40-23(7)24(38-2)14(11)8-6-39-12-4-9(27)21(31)17(25(33)34)15(12)20(8)30/h3-6,27-28,31-32H,1-2H3,(H,33,34)(H,35,36). The van der Waals surface area contributed by atoms with E-state index in [1.54, 1.807) is 0 Å². The number of aromatic carboxylic acids is 2. The van der Waals surface area contributed by atoms with E-state index >= 15 is 0 Å². The van der Waals surface area contributed by atoms with Crippen LogP contribution in [0.4, 0.5) is 0 Å². The summed E-state index contributed by atoms with van der Waals surface area (Å²) >= 11 is 0. The van der Waals surface area contributed by atoms with Crippen molar-refractivity contribution >= 4 is 44.8 Å². The molecule has 6 N–H and O–H groups in total. The van der Waals surface area contributed by atoms with Crippen LogP contribution in [0, 0.1) is 0 Å². The van der Waals surface area contributed by atoms with E-state index in [1.165, 1.54) is 7.11 Å². The predicted molar refractivity (Wildman–Crippen MR) is 135 cm³/mol. The zero-order valence-corrected chi connectivity index (χ0v) is 20.3. The number of rotatable bonds is 5. The molecule has 0 unspecified atom stereocenters. The maximum atomic E-state index is 13.6. The molecule has 3 aromatic carbocycles. The zero-order valence-electron chi connectivity index (χ0n) is 20.3. The first-order valence-electron chi connectivity index (χ1n) is 11.0. The molecule has 5 aromatic rings. The van der Waals surface area contributed by atoms with Gasteiger partial charge in [-0.25, -0.2) is 9.59 Å². The first-order chi connectivity index (χ1) is 18.9. The summed E-state index contributed by atoms with van der Waals surface area (Å²) < 4.78 is 22.0. The maximum absolute atomic E-state index is 13.6. The van der Waals surface area contributed by atoms with Crippen LogP contribution in [0.15, 0.2) is 42.9 Å². The lowest BCUT2D eigenvalue weighted by Crippen LogP contribution is -2.13. The summed E-state index contributed by atoms with van der Waals surface area (Å²) in [5, 5.41) is 57.9. The van der Waals surface area contributed by atoms with E-state index in [-0.39, 0.29) is 39.2 Å². The largest absolute Gasteiger partial charge is 0.504 e. The summed E-state index contributed by atoms with van der Waals surface area (Å²) in [6, 6.07) is 2.77. The first-order valence-corrected chi connectivity index (χ1v) is 11.0. The van der Waals surface area contributed by atoms with Gasteiger partial charge in [-0.15, -0.1) is 0 Å². The van der Waals surface area contributed by atoms with Gasteiger partial charge in [-0.1, -0.05) is 0 Å². The van der Waals surface area contributed by atoms with Gasteiger partial charge in [-0.3, -0.25) is 9.59 Å². The lowest BCUT2D eigenvalue weighted by atomic mass is 9.97. The second-order valence-corrected chi connectivity index (χ2v) is 8.37. The smallest absolute Gasteiger partial charge is 0.340 e. The summed E-state index contributed by atoms with van der Waals surface area (Å²) in [6.45, 7) is 0. The first kappa shape index (κ1) is 25.7. The molecule has 5 rings (SSSR count). The van der Waals surface area contributed by atoms with Crippen LogP contribution < -0.4 is 20.3 Å². The number of aromatic hydroxyl groups is 4. The Bertz CT molecular complexity index is 2070. The molecule has 40 heavy (non-hydrogen) atoms. The molecule has 2 aromatic heterocycles. The molecule has 0 fully saturated rings. The topological polar surface area (TPSA) is 234 Å².